The van der Waals surface area contributed by atoms with E-state index in [2.05, 4.69) is 10.6 Å². The van der Waals surface area contributed by atoms with Crippen molar-refractivity contribution in [3.05, 3.63) is 0 Å². The molecule has 2 amide bonds. The molecular weight excluding hydrogens is 192 g/mol. The molecule has 0 heterocycles. The molecule has 0 bridgehead atoms. The molecule has 0 atom stereocenters. The Kier molecular flexibility index (Phi) is 4.78. The molecule has 0 spiro atoms. The van der Waals surface area contributed by atoms with Crippen molar-refractivity contribution in [1.29, 1.82) is 0 Å². The highest BCUT2D eigenvalue weighted by atomic mass is 16.2. The van der Waals surface area contributed by atoms with Gasteiger partial charge in [-0.2, -0.15) is 0 Å². The Labute approximate surface area is 91.8 Å². The summed E-state index contributed by atoms with van der Waals surface area (Å²) >= 11 is 0. The second-order valence-electron chi connectivity index (χ2n) is 4.88. The van der Waals surface area contributed by atoms with Crippen LogP contribution >= 0.6 is 0 Å². The first-order chi connectivity index (χ1) is 6.67. The zero-order valence-electron chi connectivity index (χ0n) is 10.5. The van der Waals surface area contributed by atoms with E-state index in [1.165, 1.54) is 0 Å². The summed E-state index contributed by atoms with van der Waals surface area (Å²) in [7, 11) is 0. The molecule has 0 saturated carbocycles. The minimum atomic E-state index is -1.02. The molecular formula is C11H22N2O2. The summed E-state index contributed by atoms with van der Waals surface area (Å²) in [5, 5.41) is 5.47. The molecule has 0 aromatic rings. The average molecular weight is 214 g/mol. The zero-order valence-corrected chi connectivity index (χ0v) is 10.5. The topological polar surface area (TPSA) is 58.2 Å². The molecule has 0 aliphatic rings. The highest BCUT2D eigenvalue weighted by Crippen LogP contribution is 2.15. The van der Waals surface area contributed by atoms with Crippen LogP contribution < -0.4 is 10.6 Å². The second kappa shape index (κ2) is 5.14. The van der Waals surface area contributed by atoms with E-state index in [0.717, 1.165) is 0 Å². The fourth-order valence-electron chi connectivity index (χ4n) is 0.988. The molecule has 4 heteroatoms. The third-order valence-corrected chi connectivity index (χ3v) is 1.97. The van der Waals surface area contributed by atoms with Crippen LogP contribution in [0.3, 0.4) is 0 Å². The fraction of sp³-hybridized carbons (Fsp3) is 0.818. The average Bonchev–Trinajstić information content (AvgIpc) is 2.01. The van der Waals surface area contributed by atoms with Gasteiger partial charge < -0.3 is 10.6 Å². The van der Waals surface area contributed by atoms with Crippen LogP contribution in [0.2, 0.25) is 0 Å². The first-order valence-electron chi connectivity index (χ1n) is 5.29. The molecule has 0 fully saturated rings. The normalized spacial score (nSPS) is 11.7. The standard InChI is InChI=1S/C11H22N2O2/c1-7(2)12-9(14)11(5,6)10(15)13-8(3)4/h7-8H,1-6H3,(H,12,14)(H,13,15). The van der Waals surface area contributed by atoms with Gasteiger partial charge in [-0.3, -0.25) is 9.59 Å². The van der Waals surface area contributed by atoms with Gasteiger partial charge in [0.15, 0.2) is 0 Å². The Bertz CT molecular complexity index is 221. The van der Waals surface area contributed by atoms with Crippen LogP contribution in [0.15, 0.2) is 0 Å². The third-order valence-electron chi connectivity index (χ3n) is 1.97. The van der Waals surface area contributed by atoms with Gasteiger partial charge in [0.2, 0.25) is 11.8 Å². The number of carbonyl (C=O) groups excluding carboxylic acids is 2. The molecule has 0 aliphatic heterocycles. The maximum Gasteiger partial charge on any atom is 0.235 e. The fourth-order valence-corrected chi connectivity index (χ4v) is 0.988. The maximum absolute atomic E-state index is 11.7. The lowest BCUT2D eigenvalue weighted by Crippen LogP contribution is -2.50. The monoisotopic (exact) mass is 214 g/mol. The Morgan fingerprint density at radius 3 is 1.33 bits per heavy atom. The van der Waals surface area contributed by atoms with Gasteiger partial charge in [0, 0.05) is 12.1 Å². The summed E-state index contributed by atoms with van der Waals surface area (Å²) in [6.45, 7) is 10.7. The number of amides is 2. The Hall–Kier alpha value is -1.06. The van der Waals surface area contributed by atoms with Crippen molar-refractivity contribution in [3.8, 4) is 0 Å². The van der Waals surface area contributed by atoms with Crippen molar-refractivity contribution in [2.45, 2.75) is 53.6 Å². The predicted molar refractivity (Wildman–Crippen MR) is 60.3 cm³/mol. The first-order valence-corrected chi connectivity index (χ1v) is 5.29. The minimum absolute atomic E-state index is 0.0450. The van der Waals surface area contributed by atoms with Crippen LogP contribution in [0.25, 0.3) is 0 Å². The molecule has 0 aliphatic carbocycles. The van der Waals surface area contributed by atoms with Gasteiger partial charge in [0.25, 0.3) is 0 Å². The molecule has 0 saturated heterocycles. The second-order valence-corrected chi connectivity index (χ2v) is 4.88. The number of hydrogen-bond acceptors (Lipinski definition) is 2. The van der Waals surface area contributed by atoms with Gasteiger partial charge in [-0.05, 0) is 41.5 Å². The van der Waals surface area contributed by atoms with E-state index < -0.39 is 5.41 Å². The number of hydrogen-bond donors (Lipinski definition) is 2. The van der Waals surface area contributed by atoms with E-state index in [1.807, 2.05) is 27.7 Å². The summed E-state index contributed by atoms with van der Waals surface area (Å²) in [6, 6.07) is 0.0900. The lowest BCUT2D eigenvalue weighted by molar-refractivity contribution is -0.141. The van der Waals surface area contributed by atoms with Crippen molar-refractivity contribution < 1.29 is 9.59 Å². The Morgan fingerprint density at radius 2 is 1.13 bits per heavy atom. The summed E-state index contributed by atoms with van der Waals surface area (Å²) in [4.78, 5) is 23.5. The Morgan fingerprint density at radius 1 is 0.867 bits per heavy atom. The SMILES string of the molecule is CC(C)NC(=O)C(C)(C)C(=O)NC(C)C. The smallest absolute Gasteiger partial charge is 0.235 e. The molecule has 0 aromatic carbocycles. The summed E-state index contributed by atoms with van der Waals surface area (Å²) in [6.07, 6.45) is 0. The lowest BCUT2D eigenvalue weighted by atomic mass is 9.90. The summed E-state index contributed by atoms with van der Waals surface area (Å²) < 4.78 is 0. The zero-order chi connectivity index (χ0) is 12.2. The van der Waals surface area contributed by atoms with Gasteiger partial charge in [0.1, 0.15) is 5.41 Å². The summed E-state index contributed by atoms with van der Waals surface area (Å²) in [5.74, 6) is -0.480. The van der Waals surface area contributed by atoms with Gasteiger partial charge in [-0.25, -0.2) is 0 Å². The molecule has 0 rings (SSSR count). The number of carbonyl (C=O) groups is 2. The molecule has 0 aromatic heterocycles. The van der Waals surface area contributed by atoms with E-state index in [9.17, 15) is 9.59 Å². The van der Waals surface area contributed by atoms with Crippen LogP contribution in [0.1, 0.15) is 41.5 Å². The highest BCUT2D eigenvalue weighted by molar-refractivity contribution is 6.04. The van der Waals surface area contributed by atoms with Crippen molar-refractivity contribution in [1.82, 2.24) is 10.6 Å². The molecule has 88 valence electrons. The van der Waals surface area contributed by atoms with Crippen molar-refractivity contribution >= 4 is 11.8 Å². The van der Waals surface area contributed by atoms with Gasteiger partial charge >= 0.3 is 0 Å². The highest BCUT2D eigenvalue weighted by Gasteiger charge is 2.36. The Balaban J connectivity index is 4.51. The van der Waals surface area contributed by atoms with E-state index in [-0.39, 0.29) is 23.9 Å². The number of rotatable bonds is 4. The largest absolute Gasteiger partial charge is 0.353 e. The summed E-state index contributed by atoms with van der Waals surface area (Å²) in [5.41, 5.74) is -1.02. The van der Waals surface area contributed by atoms with Crippen molar-refractivity contribution in [2.75, 3.05) is 0 Å². The quantitative estimate of drug-likeness (QED) is 0.687. The third kappa shape index (κ3) is 4.32. The van der Waals surface area contributed by atoms with Gasteiger partial charge in [0.05, 0.1) is 0 Å². The number of nitrogens with one attached hydrogen (secondary N) is 2. The van der Waals surface area contributed by atoms with Crippen molar-refractivity contribution in [3.63, 3.8) is 0 Å². The van der Waals surface area contributed by atoms with Crippen LogP contribution in [0.4, 0.5) is 0 Å². The van der Waals surface area contributed by atoms with E-state index in [1.54, 1.807) is 13.8 Å². The van der Waals surface area contributed by atoms with Gasteiger partial charge in [-0.15, -0.1) is 0 Å². The molecule has 15 heavy (non-hydrogen) atoms. The maximum atomic E-state index is 11.7. The lowest BCUT2D eigenvalue weighted by Gasteiger charge is -2.25. The van der Waals surface area contributed by atoms with Crippen LogP contribution in [0, 0.1) is 5.41 Å². The first kappa shape index (κ1) is 13.9. The predicted octanol–water partition coefficient (Wildman–Crippen LogP) is 1.06. The van der Waals surface area contributed by atoms with E-state index in [0.29, 0.717) is 0 Å². The molecule has 0 unspecified atom stereocenters. The van der Waals surface area contributed by atoms with Crippen LogP contribution in [-0.4, -0.2) is 23.9 Å². The van der Waals surface area contributed by atoms with Crippen LogP contribution in [-0.2, 0) is 9.59 Å². The van der Waals surface area contributed by atoms with E-state index >= 15 is 0 Å². The minimum Gasteiger partial charge on any atom is -0.353 e. The van der Waals surface area contributed by atoms with E-state index in [4.69, 9.17) is 0 Å². The molecule has 2 N–H and O–H groups in total. The van der Waals surface area contributed by atoms with Crippen molar-refractivity contribution in [2.24, 2.45) is 5.41 Å². The van der Waals surface area contributed by atoms with Crippen LogP contribution in [0.5, 0.6) is 0 Å². The van der Waals surface area contributed by atoms with Gasteiger partial charge in [-0.1, -0.05) is 0 Å². The molecule has 0 radical (unpaired) electrons. The molecule has 4 nitrogen and oxygen atoms in total.